The molecule has 7 heteroatoms. The van der Waals surface area contributed by atoms with Gasteiger partial charge < -0.3 is 15.5 Å². The van der Waals surface area contributed by atoms with Crippen LogP contribution in [0.5, 0.6) is 0 Å². The van der Waals surface area contributed by atoms with E-state index in [1.54, 1.807) is 6.92 Å². The molecule has 0 amide bonds. The quantitative estimate of drug-likeness (QED) is 0.621. The van der Waals surface area contributed by atoms with Gasteiger partial charge in [-0.1, -0.05) is 30.3 Å². The zero-order chi connectivity index (χ0) is 18.8. The van der Waals surface area contributed by atoms with E-state index in [9.17, 15) is 19.8 Å². The number of aromatic nitrogens is 2. The SMILES string of the molecule is Cc1cn([C@@H]2[C@@H](O)[C@@H](CN[C@@H](C)c3ccccc3)C[C@H]2O)c(=O)[nH]c1=O. The molecule has 7 nitrogen and oxygen atoms in total. The Labute approximate surface area is 151 Å². The first-order valence-electron chi connectivity index (χ1n) is 8.85. The second kappa shape index (κ2) is 7.57. The van der Waals surface area contributed by atoms with Gasteiger partial charge in [0.1, 0.15) is 0 Å². The molecule has 0 bridgehead atoms. The van der Waals surface area contributed by atoms with E-state index in [-0.39, 0.29) is 12.0 Å². The van der Waals surface area contributed by atoms with E-state index in [0.717, 1.165) is 5.56 Å². The molecule has 0 saturated heterocycles. The zero-order valence-electron chi connectivity index (χ0n) is 14.9. The smallest absolute Gasteiger partial charge is 0.328 e. The van der Waals surface area contributed by atoms with Gasteiger partial charge in [0.15, 0.2) is 0 Å². The highest BCUT2D eigenvalue weighted by atomic mass is 16.3. The van der Waals surface area contributed by atoms with E-state index >= 15 is 0 Å². The van der Waals surface area contributed by atoms with Crippen LogP contribution in [0.3, 0.4) is 0 Å². The monoisotopic (exact) mass is 359 g/mol. The van der Waals surface area contributed by atoms with Crippen LogP contribution in [0.1, 0.15) is 36.6 Å². The van der Waals surface area contributed by atoms with Crippen molar-refractivity contribution in [2.45, 2.75) is 44.6 Å². The molecule has 1 aromatic heterocycles. The maximum Gasteiger partial charge on any atom is 0.328 e. The lowest BCUT2D eigenvalue weighted by Gasteiger charge is -2.24. The van der Waals surface area contributed by atoms with Crippen LogP contribution in [0.2, 0.25) is 0 Å². The molecule has 0 aliphatic heterocycles. The van der Waals surface area contributed by atoms with Gasteiger partial charge in [0.05, 0.1) is 18.2 Å². The Hall–Kier alpha value is -2.22. The molecular formula is C19H25N3O4. The second-order valence-electron chi connectivity index (χ2n) is 7.06. The van der Waals surface area contributed by atoms with Crippen molar-refractivity contribution in [2.24, 2.45) is 5.92 Å². The first-order valence-corrected chi connectivity index (χ1v) is 8.85. The van der Waals surface area contributed by atoms with Gasteiger partial charge in [-0.25, -0.2) is 4.79 Å². The van der Waals surface area contributed by atoms with Crippen molar-refractivity contribution in [3.8, 4) is 0 Å². The molecule has 26 heavy (non-hydrogen) atoms. The van der Waals surface area contributed by atoms with Crippen molar-refractivity contribution in [1.82, 2.24) is 14.9 Å². The number of aromatic amines is 1. The maximum atomic E-state index is 12.1. The summed E-state index contributed by atoms with van der Waals surface area (Å²) in [7, 11) is 0. The normalized spacial score (nSPS) is 26.8. The number of benzene rings is 1. The number of aryl methyl sites for hydroxylation is 1. The van der Waals surface area contributed by atoms with Crippen LogP contribution >= 0.6 is 0 Å². The molecular weight excluding hydrogens is 334 g/mol. The molecule has 5 atom stereocenters. The Balaban J connectivity index is 1.72. The third-order valence-electron chi connectivity index (χ3n) is 5.22. The standard InChI is InChI=1S/C19H25N3O4/c1-11-10-22(19(26)21-18(11)25)16-15(23)8-14(17(16)24)9-20-12(2)13-6-4-3-5-7-13/h3-7,10,12,14-17,20,23-24H,8-9H2,1-2H3,(H,21,25,26)/t12-,14+,15+,16-,17-/m0/s1. The van der Waals surface area contributed by atoms with Crippen molar-refractivity contribution in [2.75, 3.05) is 6.54 Å². The Morgan fingerprint density at radius 2 is 1.96 bits per heavy atom. The molecule has 1 aliphatic rings. The summed E-state index contributed by atoms with van der Waals surface area (Å²) in [5, 5.41) is 24.5. The largest absolute Gasteiger partial charge is 0.391 e. The minimum Gasteiger partial charge on any atom is -0.391 e. The fourth-order valence-electron chi connectivity index (χ4n) is 3.64. The fraction of sp³-hybridized carbons (Fsp3) is 0.474. The summed E-state index contributed by atoms with van der Waals surface area (Å²) >= 11 is 0. The molecule has 1 aliphatic carbocycles. The van der Waals surface area contributed by atoms with Gasteiger partial charge in [0.2, 0.25) is 0 Å². The summed E-state index contributed by atoms with van der Waals surface area (Å²) in [6.45, 7) is 4.14. The zero-order valence-corrected chi connectivity index (χ0v) is 14.9. The minimum atomic E-state index is -0.886. The van der Waals surface area contributed by atoms with Crippen LogP contribution in [0.15, 0.2) is 46.1 Å². The molecule has 3 rings (SSSR count). The average molecular weight is 359 g/mol. The average Bonchev–Trinajstić information content (AvgIpc) is 2.90. The van der Waals surface area contributed by atoms with E-state index in [1.165, 1.54) is 10.8 Å². The Morgan fingerprint density at radius 1 is 1.27 bits per heavy atom. The van der Waals surface area contributed by atoms with E-state index < -0.39 is 29.5 Å². The lowest BCUT2D eigenvalue weighted by molar-refractivity contribution is 0.0570. The predicted octanol–water partition coefficient (Wildman–Crippen LogP) is 0.479. The Bertz CT molecular complexity index is 861. The summed E-state index contributed by atoms with van der Waals surface area (Å²) in [4.78, 5) is 25.9. The Morgan fingerprint density at radius 3 is 2.65 bits per heavy atom. The van der Waals surface area contributed by atoms with Crippen LogP contribution in [0.4, 0.5) is 0 Å². The van der Waals surface area contributed by atoms with Crippen LogP contribution in [-0.4, -0.2) is 38.5 Å². The number of hydrogen-bond donors (Lipinski definition) is 4. The van der Waals surface area contributed by atoms with Gasteiger partial charge >= 0.3 is 5.69 Å². The van der Waals surface area contributed by atoms with Crippen LogP contribution in [0, 0.1) is 12.8 Å². The second-order valence-corrected chi connectivity index (χ2v) is 7.06. The van der Waals surface area contributed by atoms with Gasteiger partial charge in [-0.2, -0.15) is 0 Å². The number of nitrogens with one attached hydrogen (secondary N) is 2. The highest BCUT2D eigenvalue weighted by molar-refractivity contribution is 5.18. The molecule has 0 radical (unpaired) electrons. The highest BCUT2D eigenvalue weighted by Crippen LogP contribution is 2.34. The minimum absolute atomic E-state index is 0.109. The summed E-state index contributed by atoms with van der Waals surface area (Å²) < 4.78 is 1.24. The number of nitrogens with zero attached hydrogens (tertiary/aromatic N) is 1. The van der Waals surface area contributed by atoms with Gasteiger partial charge in [0, 0.05) is 30.3 Å². The third kappa shape index (κ3) is 3.65. The molecule has 1 aromatic carbocycles. The molecule has 1 heterocycles. The van der Waals surface area contributed by atoms with Crippen molar-refractivity contribution in [1.29, 1.82) is 0 Å². The molecule has 1 saturated carbocycles. The van der Waals surface area contributed by atoms with E-state index in [2.05, 4.69) is 10.3 Å². The van der Waals surface area contributed by atoms with Gasteiger partial charge in [0.25, 0.3) is 5.56 Å². The molecule has 0 unspecified atom stereocenters. The summed E-state index contributed by atoms with van der Waals surface area (Å²) in [5.74, 6) is -0.194. The highest BCUT2D eigenvalue weighted by Gasteiger charge is 2.43. The molecule has 4 N–H and O–H groups in total. The number of rotatable bonds is 5. The number of aliphatic hydroxyl groups excluding tert-OH is 2. The molecule has 2 aromatic rings. The Kier molecular flexibility index (Phi) is 5.41. The first-order chi connectivity index (χ1) is 12.4. The van der Waals surface area contributed by atoms with E-state index in [0.29, 0.717) is 18.5 Å². The van der Waals surface area contributed by atoms with Crippen molar-refractivity contribution in [3.05, 3.63) is 68.5 Å². The van der Waals surface area contributed by atoms with Crippen LogP contribution in [-0.2, 0) is 0 Å². The lowest BCUT2D eigenvalue weighted by Crippen LogP contribution is -2.40. The lowest BCUT2D eigenvalue weighted by atomic mass is 10.0. The molecule has 1 fully saturated rings. The first kappa shape index (κ1) is 18.6. The van der Waals surface area contributed by atoms with E-state index in [1.807, 2.05) is 37.3 Å². The topological polar surface area (TPSA) is 107 Å². The number of aliphatic hydroxyl groups is 2. The summed E-state index contributed by atoms with van der Waals surface area (Å²) in [6.07, 6.45) is 0.0429. The van der Waals surface area contributed by atoms with Gasteiger partial charge in [-0.15, -0.1) is 0 Å². The molecule has 0 spiro atoms. The van der Waals surface area contributed by atoms with Crippen molar-refractivity contribution < 1.29 is 10.2 Å². The van der Waals surface area contributed by atoms with Crippen LogP contribution < -0.4 is 16.6 Å². The van der Waals surface area contributed by atoms with Crippen LogP contribution in [0.25, 0.3) is 0 Å². The van der Waals surface area contributed by atoms with Crippen molar-refractivity contribution in [3.63, 3.8) is 0 Å². The number of H-pyrrole nitrogens is 1. The van der Waals surface area contributed by atoms with Gasteiger partial charge in [-0.05, 0) is 25.8 Å². The van der Waals surface area contributed by atoms with E-state index in [4.69, 9.17) is 0 Å². The maximum absolute atomic E-state index is 12.1. The van der Waals surface area contributed by atoms with Crippen molar-refractivity contribution >= 4 is 0 Å². The third-order valence-corrected chi connectivity index (χ3v) is 5.22. The predicted molar refractivity (Wildman–Crippen MR) is 98.1 cm³/mol. The summed E-state index contributed by atoms with van der Waals surface area (Å²) in [6, 6.07) is 9.31. The number of hydrogen-bond acceptors (Lipinski definition) is 5. The summed E-state index contributed by atoms with van der Waals surface area (Å²) in [5.41, 5.74) is 0.436. The molecule has 140 valence electrons. The fourth-order valence-corrected chi connectivity index (χ4v) is 3.64. The van der Waals surface area contributed by atoms with Gasteiger partial charge in [-0.3, -0.25) is 14.3 Å².